The van der Waals surface area contributed by atoms with Gasteiger partial charge in [-0.3, -0.25) is 4.79 Å². The third-order valence-electron chi connectivity index (χ3n) is 2.06. The van der Waals surface area contributed by atoms with Crippen LogP contribution >= 0.6 is 27.7 Å². The summed E-state index contributed by atoms with van der Waals surface area (Å²) in [6, 6.07) is 5.42. The van der Waals surface area contributed by atoms with Gasteiger partial charge in [-0.15, -0.1) is 11.8 Å². The van der Waals surface area contributed by atoms with Crippen molar-refractivity contribution in [2.75, 3.05) is 25.7 Å². The highest BCUT2D eigenvalue weighted by Crippen LogP contribution is 2.30. The Morgan fingerprint density at radius 1 is 1.53 bits per heavy atom. The van der Waals surface area contributed by atoms with Crippen LogP contribution in [-0.2, 0) is 9.53 Å². The van der Waals surface area contributed by atoms with Crippen molar-refractivity contribution in [2.45, 2.75) is 9.72 Å². The highest BCUT2D eigenvalue weighted by Gasteiger charge is 2.16. The fourth-order valence-electron chi connectivity index (χ4n) is 1.13. The minimum absolute atomic E-state index is 0.293. The van der Waals surface area contributed by atoms with E-state index in [9.17, 15) is 4.79 Å². The Morgan fingerprint density at radius 2 is 2.24 bits per heavy atom. The molecule has 6 heteroatoms. The molecule has 0 aliphatic rings. The van der Waals surface area contributed by atoms with Gasteiger partial charge in [0.05, 0.1) is 14.2 Å². The van der Waals surface area contributed by atoms with Crippen molar-refractivity contribution < 1.29 is 14.3 Å². The van der Waals surface area contributed by atoms with Crippen molar-refractivity contribution in [2.24, 2.45) is 0 Å². The monoisotopic (exact) mass is 319 g/mol. The molecule has 0 amide bonds. The van der Waals surface area contributed by atoms with Gasteiger partial charge in [0, 0.05) is 16.3 Å². The zero-order valence-corrected chi connectivity index (χ0v) is 12.0. The quantitative estimate of drug-likeness (QED) is 0.390. The number of hydrogen-bond donors (Lipinski definition) is 1. The molecule has 0 bridgehead atoms. The van der Waals surface area contributed by atoms with Gasteiger partial charge in [0.2, 0.25) is 0 Å². The molecule has 0 saturated heterocycles. The third kappa shape index (κ3) is 4.12. The van der Waals surface area contributed by atoms with E-state index in [1.807, 2.05) is 6.07 Å². The number of carbonyl (C=O) groups is 1. The largest absolute Gasteiger partial charge is 0.497 e. The predicted octanol–water partition coefficient (Wildman–Crippen LogP) is 2.31. The molecule has 1 aromatic carbocycles. The standard InChI is InChI=1S/C11H14BrNO3S/c1-15-7-3-4-9(13)10(5-7)17-6-8(12)11(14)16-2/h3-5,8H,6,13H2,1-2H3. The molecular formula is C11H14BrNO3S. The number of hydrogen-bond acceptors (Lipinski definition) is 5. The van der Waals surface area contributed by atoms with Crippen LogP contribution in [0.1, 0.15) is 0 Å². The van der Waals surface area contributed by atoms with Crippen molar-refractivity contribution in [3.8, 4) is 5.75 Å². The number of esters is 1. The molecule has 0 spiro atoms. The van der Waals surface area contributed by atoms with Crippen LogP contribution in [0.4, 0.5) is 5.69 Å². The molecule has 0 fully saturated rings. The number of halogens is 1. The van der Waals surface area contributed by atoms with Gasteiger partial charge in [0.1, 0.15) is 10.6 Å². The summed E-state index contributed by atoms with van der Waals surface area (Å²) < 4.78 is 9.73. The number of alkyl halides is 1. The smallest absolute Gasteiger partial charge is 0.320 e. The lowest BCUT2D eigenvalue weighted by atomic mass is 10.3. The van der Waals surface area contributed by atoms with Crippen LogP contribution in [0.15, 0.2) is 23.1 Å². The molecule has 1 aromatic rings. The van der Waals surface area contributed by atoms with Crippen LogP contribution < -0.4 is 10.5 Å². The van der Waals surface area contributed by atoms with Gasteiger partial charge in [-0.25, -0.2) is 0 Å². The minimum Gasteiger partial charge on any atom is -0.497 e. The van der Waals surface area contributed by atoms with E-state index in [1.54, 1.807) is 19.2 Å². The van der Waals surface area contributed by atoms with E-state index in [2.05, 4.69) is 20.7 Å². The van der Waals surface area contributed by atoms with Crippen molar-refractivity contribution in [1.82, 2.24) is 0 Å². The third-order valence-corrected chi connectivity index (χ3v) is 4.35. The molecule has 0 aliphatic carbocycles. The summed E-state index contributed by atoms with van der Waals surface area (Å²) in [7, 11) is 2.96. The van der Waals surface area contributed by atoms with Crippen LogP contribution in [0, 0.1) is 0 Å². The fraction of sp³-hybridized carbons (Fsp3) is 0.364. The zero-order valence-electron chi connectivity index (χ0n) is 9.60. The van der Waals surface area contributed by atoms with Gasteiger partial charge in [0.25, 0.3) is 0 Å². The number of rotatable bonds is 5. The number of carbonyl (C=O) groups excluding carboxylic acids is 1. The summed E-state index contributed by atoms with van der Waals surface area (Å²) in [5.41, 5.74) is 6.50. The molecule has 94 valence electrons. The summed E-state index contributed by atoms with van der Waals surface area (Å²) in [6.07, 6.45) is 0. The maximum absolute atomic E-state index is 11.2. The summed E-state index contributed by atoms with van der Waals surface area (Å²) >= 11 is 4.73. The van der Waals surface area contributed by atoms with Gasteiger partial charge < -0.3 is 15.2 Å². The first-order valence-corrected chi connectivity index (χ1v) is 6.76. The number of benzene rings is 1. The highest BCUT2D eigenvalue weighted by molar-refractivity contribution is 9.10. The van der Waals surface area contributed by atoms with Gasteiger partial charge in [0.15, 0.2) is 0 Å². The van der Waals surface area contributed by atoms with E-state index < -0.39 is 0 Å². The Labute approximate surface area is 113 Å². The maximum Gasteiger partial charge on any atom is 0.320 e. The van der Waals surface area contributed by atoms with Crippen molar-refractivity contribution in [1.29, 1.82) is 0 Å². The number of nitrogen functional groups attached to an aromatic ring is 1. The second kappa shape index (κ2) is 6.76. The van der Waals surface area contributed by atoms with E-state index >= 15 is 0 Å². The number of methoxy groups -OCH3 is 2. The maximum atomic E-state index is 11.2. The first-order chi connectivity index (χ1) is 8.08. The highest BCUT2D eigenvalue weighted by atomic mass is 79.9. The van der Waals surface area contributed by atoms with E-state index in [-0.39, 0.29) is 10.8 Å². The Hall–Kier alpha value is -0.880. The first kappa shape index (κ1) is 14.2. The number of anilines is 1. The molecule has 1 rings (SSSR count). The van der Waals surface area contributed by atoms with Crippen LogP contribution in [0.2, 0.25) is 0 Å². The van der Waals surface area contributed by atoms with Crippen LogP contribution in [0.25, 0.3) is 0 Å². The predicted molar refractivity (Wildman–Crippen MR) is 72.9 cm³/mol. The van der Waals surface area contributed by atoms with Gasteiger partial charge in [-0.05, 0) is 18.2 Å². The second-order valence-corrected chi connectivity index (χ2v) is 5.37. The lowest BCUT2D eigenvalue weighted by molar-refractivity contribution is -0.139. The Balaban J connectivity index is 2.65. The number of ether oxygens (including phenoxy) is 2. The van der Waals surface area contributed by atoms with Gasteiger partial charge in [-0.1, -0.05) is 15.9 Å². The molecule has 0 radical (unpaired) electrons. The Bertz CT molecular complexity index is 400. The molecule has 0 aromatic heterocycles. The normalized spacial score (nSPS) is 11.9. The Morgan fingerprint density at radius 3 is 2.82 bits per heavy atom. The van der Waals surface area contributed by atoms with Crippen molar-refractivity contribution >= 4 is 39.3 Å². The lowest BCUT2D eigenvalue weighted by Gasteiger charge is -2.10. The summed E-state index contributed by atoms with van der Waals surface area (Å²) in [5, 5.41) is 0. The van der Waals surface area contributed by atoms with Crippen LogP contribution in [0.3, 0.4) is 0 Å². The SMILES string of the molecule is COC(=O)C(Br)CSc1cc(OC)ccc1N. The first-order valence-electron chi connectivity index (χ1n) is 4.86. The molecule has 4 nitrogen and oxygen atoms in total. The molecule has 1 unspecified atom stereocenters. The zero-order chi connectivity index (χ0) is 12.8. The lowest BCUT2D eigenvalue weighted by Crippen LogP contribution is -2.17. The summed E-state index contributed by atoms with van der Waals surface area (Å²) in [5.74, 6) is 0.995. The van der Waals surface area contributed by atoms with E-state index in [0.717, 1.165) is 10.6 Å². The molecule has 0 saturated carbocycles. The molecule has 17 heavy (non-hydrogen) atoms. The molecule has 0 aliphatic heterocycles. The topological polar surface area (TPSA) is 61.5 Å². The van der Waals surface area contributed by atoms with Crippen molar-refractivity contribution in [3.05, 3.63) is 18.2 Å². The van der Waals surface area contributed by atoms with Crippen LogP contribution in [-0.4, -0.2) is 30.8 Å². The fourth-order valence-corrected chi connectivity index (χ4v) is 2.61. The summed E-state index contributed by atoms with van der Waals surface area (Å²) in [4.78, 5) is 11.7. The number of thioether (sulfide) groups is 1. The molecule has 0 heterocycles. The second-order valence-electron chi connectivity index (χ2n) is 3.21. The molecular weight excluding hydrogens is 306 g/mol. The van der Waals surface area contributed by atoms with Gasteiger partial charge >= 0.3 is 5.97 Å². The molecule has 2 N–H and O–H groups in total. The average Bonchev–Trinajstić information content (AvgIpc) is 2.36. The minimum atomic E-state index is -0.344. The Kier molecular flexibility index (Phi) is 5.64. The number of nitrogens with two attached hydrogens (primary N) is 1. The van der Waals surface area contributed by atoms with Crippen LogP contribution in [0.5, 0.6) is 5.75 Å². The van der Waals surface area contributed by atoms with E-state index in [0.29, 0.717) is 11.4 Å². The van der Waals surface area contributed by atoms with E-state index in [4.69, 9.17) is 10.5 Å². The van der Waals surface area contributed by atoms with E-state index in [1.165, 1.54) is 18.9 Å². The molecule has 1 atom stereocenters. The van der Waals surface area contributed by atoms with Gasteiger partial charge in [-0.2, -0.15) is 0 Å². The average molecular weight is 320 g/mol. The summed E-state index contributed by atoms with van der Waals surface area (Å²) in [6.45, 7) is 0. The van der Waals surface area contributed by atoms with Crippen molar-refractivity contribution in [3.63, 3.8) is 0 Å².